The predicted octanol–water partition coefficient (Wildman–Crippen LogP) is 2.89. The van der Waals surface area contributed by atoms with E-state index in [9.17, 15) is 4.79 Å². The number of nitrogens with one attached hydrogen (secondary N) is 1. The third kappa shape index (κ3) is 5.26. The second-order valence-corrected chi connectivity index (χ2v) is 5.06. The number of amides is 1. The molecule has 3 nitrogen and oxygen atoms in total. The third-order valence-electron chi connectivity index (χ3n) is 3.13. The number of allylic oxidation sites excluding steroid dienone is 1. The van der Waals surface area contributed by atoms with Crippen molar-refractivity contribution in [3.8, 4) is 0 Å². The molecule has 0 saturated heterocycles. The highest BCUT2D eigenvalue weighted by Gasteiger charge is 2.08. The van der Waals surface area contributed by atoms with Gasteiger partial charge in [0.1, 0.15) is 0 Å². The molecule has 1 aromatic rings. The van der Waals surface area contributed by atoms with Gasteiger partial charge in [0.2, 0.25) is 5.91 Å². The lowest BCUT2D eigenvalue weighted by Gasteiger charge is -2.14. The molecule has 0 fully saturated rings. The van der Waals surface area contributed by atoms with Gasteiger partial charge in [-0.3, -0.25) is 4.79 Å². The molecule has 0 aliphatic heterocycles. The molecule has 0 aromatic heterocycles. The van der Waals surface area contributed by atoms with Crippen LogP contribution in [0.1, 0.15) is 49.8 Å². The number of carbonyl (C=O) groups is 1. The molecule has 0 spiro atoms. The molecule has 0 saturated carbocycles. The van der Waals surface area contributed by atoms with Crippen molar-refractivity contribution in [1.82, 2.24) is 5.32 Å². The van der Waals surface area contributed by atoms with E-state index in [1.54, 1.807) is 6.08 Å². The van der Waals surface area contributed by atoms with E-state index in [0.29, 0.717) is 25.3 Å². The van der Waals surface area contributed by atoms with Crippen molar-refractivity contribution in [2.24, 2.45) is 5.73 Å². The number of rotatable bonds is 7. The van der Waals surface area contributed by atoms with Crippen molar-refractivity contribution in [1.29, 1.82) is 0 Å². The molecule has 1 atom stereocenters. The van der Waals surface area contributed by atoms with Crippen LogP contribution in [0.15, 0.2) is 36.9 Å². The maximum atomic E-state index is 11.5. The Morgan fingerprint density at radius 1 is 1.32 bits per heavy atom. The Bertz CT molecular complexity index is 409. The van der Waals surface area contributed by atoms with Crippen LogP contribution in [-0.4, -0.2) is 12.5 Å². The van der Waals surface area contributed by atoms with Crippen molar-refractivity contribution in [2.75, 3.05) is 6.54 Å². The molecule has 0 aliphatic rings. The van der Waals surface area contributed by atoms with Gasteiger partial charge >= 0.3 is 0 Å². The lowest BCUT2D eigenvalue weighted by Crippen LogP contribution is -2.31. The molecule has 0 aliphatic carbocycles. The molecule has 3 heteroatoms. The van der Waals surface area contributed by atoms with Crippen molar-refractivity contribution in [3.05, 3.63) is 48.0 Å². The summed E-state index contributed by atoms with van der Waals surface area (Å²) in [5, 5.41) is 2.84. The van der Waals surface area contributed by atoms with Gasteiger partial charge in [-0.05, 0) is 23.5 Å². The van der Waals surface area contributed by atoms with Crippen LogP contribution in [0.3, 0.4) is 0 Å². The van der Waals surface area contributed by atoms with Gasteiger partial charge in [-0.15, -0.1) is 6.58 Å². The molecule has 104 valence electrons. The quantitative estimate of drug-likeness (QED) is 0.741. The first-order chi connectivity index (χ1) is 9.04. The standard InChI is InChI=1S/C16H24N2O/c1-4-5-6-16(19)18-11-15(17)14-9-7-13(8-10-14)12(2)3/h4,7-10,12,15H,1,5-6,11,17H2,2-3H3,(H,18,19). The van der Waals surface area contributed by atoms with Gasteiger partial charge in [-0.25, -0.2) is 0 Å². The topological polar surface area (TPSA) is 55.1 Å². The largest absolute Gasteiger partial charge is 0.354 e. The van der Waals surface area contributed by atoms with E-state index in [0.717, 1.165) is 5.56 Å². The number of carbonyl (C=O) groups excluding carboxylic acids is 1. The summed E-state index contributed by atoms with van der Waals surface area (Å²) in [6.07, 6.45) is 2.91. The van der Waals surface area contributed by atoms with Crippen LogP contribution in [0.5, 0.6) is 0 Å². The molecule has 0 heterocycles. The minimum Gasteiger partial charge on any atom is -0.354 e. The number of hydrogen-bond acceptors (Lipinski definition) is 2. The summed E-state index contributed by atoms with van der Waals surface area (Å²) in [7, 11) is 0. The summed E-state index contributed by atoms with van der Waals surface area (Å²) < 4.78 is 0. The first-order valence-electron chi connectivity index (χ1n) is 6.77. The van der Waals surface area contributed by atoms with Crippen molar-refractivity contribution >= 4 is 5.91 Å². The van der Waals surface area contributed by atoms with Crippen LogP contribution in [0.25, 0.3) is 0 Å². The first-order valence-corrected chi connectivity index (χ1v) is 6.77. The maximum absolute atomic E-state index is 11.5. The van der Waals surface area contributed by atoms with E-state index in [1.807, 2.05) is 12.1 Å². The zero-order valence-corrected chi connectivity index (χ0v) is 11.9. The normalized spacial score (nSPS) is 12.2. The van der Waals surface area contributed by atoms with Crippen LogP contribution >= 0.6 is 0 Å². The highest BCUT2D eigenvalue weighted by atomic mass is 16.1. The molecule has 1 amide bonds. The molecular formula is C16H24N2O. The average molecular weight is 260 g/mol. The summed E-state index contributed by atoms with van der Waals surface area (Å²) in [5.74, 6) is 0.540. The fraction of sp³-hybridized carbons (Fsp3) is 0.438. The van der Waals surface area contributed by atoms with Gasteiger partial charge in [0.15, 0.2) is 0 Å². The lowest BCUT2D eigenvalue weighted by atomic mass is 9.99. The molecule has 0 bridgehead atoms. The highest BCUT2D eigenvalue weighted by Crippen LogP contribution is 2.17. The van der Waals surface area contributed by atoms with Crippen molar-refractivity contribution in [3.63, 3.8) is 0 Å². The van der Waals surface area contributed by atoms with Crippen molar-refractivity contribution < 1.29 is 4.79 Å². The predicted molar refractivity (Wildman–Crippen MR) is 79.9 cm³/mol. The van der Waals surface area contributed by atoms with E-state index >= 15 is 0 Å². The van der Waals surface area contributed by atoms with Crippen LogP contribution in [-0.2, 0) is 4.79 Å². The fourth-order valence-electron chi connectivity index (χ4n) is 1.79. The molecular weight excluding hydrogens is 236 g/mol. The Hall–Kier alpha value is -1.61. The van der Waals surface area contributed by atoms with Crippen LogP contribution in [0, 0.1) is 0 Å². The highest BCUT2D eigenvalue weighted by molar-refractivity contribution is 5.76. The smallest absolute Gasteiger partial charge is 0.220 e. The summed E-state index contributed by atoms with van der Waals surface area (Å²) in [6.45, 7) is 8.39. The van der Waals surface area contributed by atoms with Gasteiger partial charge in [-0.2, -0.15) is 0 Å². The summed E-state index contributed by atoms with van der Waals surface area (Å²) in [4.78, 5) is 11.5. The zero-order chi connectivity index (χ0) is 14.3. The summed E-state index contributed by atoms with van der Waals surface area (Å²) in [5.41, 5.74) is 8.41. The second-order valence-electron chi connectivity index (χ2n) is 5.06. The average Bonchev–Trinajstić information content (AvgIpc) is 2.42. The van der Waals surface area contributed by atoms with Gasteiger partial charge in [-0.1, -0.05) is 44.2 Å². The minimum absolute atomic E-state index is 0.0224. The van der Waals surface area contributed by atoms with Crippen LogP contribution in [0.2, 0.25) is 0 Å². The van der Waals surface area contributed by atoms with Gasteiger partial charge in [0.25, 0.3) is 0 Å². The van der Waals surface area contributed by atoms with E-state index in [-0.39, 0.29) is 11.9 Å². The third-order valence-corrected chi connectivity index (χ3v) is 3.13. The molecule has 1 rings (SSSR count). The summed E-state index contributed by atoms with van der Waals surface area (Å²) in [6, 6.07) is 8.11. The lowest BCUT2D eigenvalue weighted by molar-refractivity contribution is -0.121. The number of nitrogens with two attached hydrogens (primary N) is 1. The Kier molecular flexibility index (Phi) is 6.30. The molecule has 0 radical (unpaired) electrons. The van der Waals surface area contributed by atoms with Crippen LogP contribution in [0.4, 0.5) is 0 Å². The van der Waals surface area contributed by atoms with E-state index < -0.39 is 0 Å². The number of hydrogen-bond donors (Lipinski definition) is 2. The van der Waals surface area contributed by atoms with E-state index in [2.05, 4.69) is 37.9 Å². The van der Waals surface area contributed by atoms with Crippen molar-refractivity contribution in [2.45, 2.75) is 38.6 Å². The molecule has 1 aromatic carbocycles. The van der Waals surface area contributed by atoms with Crippen LogP contribution < -0.4 is 11.1 Å². The molecule has 1 unspecified atom stereocenters. The van der Waals surface area contributed by atoms with E-state index in [4.69, 9.17) is 5.73 Å². The van der Waals surface area contributed by atoms with E-state index in [1.165, 1.54) is 5.56 Å². The number of benzene rings is 1. The monoisotopic (exact) mass is 260 g/mol. The molecule has 19 heavy (non-hydrogen) atoms. The Morgan fingerprint density at radius 2 is 1.89 bits per heavy atom. The zero-order valence-electron chi connectivity index (χ0n) is 11.9. The second kappa shape index (κ2) is 7.74. The van der Waals surface area contributed by atoms with Gasteiger partial charge in [0, 0.05) is 19.0 Å². The minimum atomic E-state index is -0.158. The first kappa shape index (κ1) is 15.4. The molecule has 3 N–H and O–H groups in total. The SMILES string of the molecule is C=CCCC(=O)NCC(N)c1ccc(C(C)C)cc1. The Labute approximate surface area is 115 Å². The van der Waals surface area contributed by atoms with Gasteiger partial charge < -0.3 is 11.1 Å². The Balaban J connectivity index is 2.46. The van der Waals surface area contributed by atoms with Gasteiger partial charge in [0.05, 0.1) is 0 Å². The Morgan fingerprint density at radius 3 is 2.42 bits per heavy atom. The summed E-state index contributed by atoms with van der Waals surface area (Å²) >= 11 is 0. The maximum Gasteiger partial charge on any atom is 0.220 e. The fourth-order valence-corrected chi connectivity index (χ4v) is 1.79.